The summed E-state index contributed by atoms with van der Waals surface area (Å²) in [5.41, 5.74) is 11.9. The zero-order chi connectivity index (χ0) is 10.7. The normalized spacial score (nSPS) is 10.3. The van der Waals surface area contributed by atoms with Crippen LogP contribution in [0.25, 0.3) is 5.57 Å². The molecule has 1 nitrogen and oxygen atoms in total. The Morgan fingerprint density at radius 3 is 2.29 bits per heavy atom. The first-order valence-corrected chi connectivity index (χ1v) is 5.02. The molecule has 0 aromatic heterocycles. The zero-order valence-electron chi connectivity index (χ0n) is 9.35. The highest BCUT2D eigenvalue weighted by Gasteiger charge is 2.04. The number of aryl methyl sites for hydroxylation is 3. The van der Waals surface area contributed by atoms with Crippen molar-refractivity contribution in [3.05, 3.63) is 41.0 Å². The largest absolute Gasteiger partial charge is 0.330 e. The monoisotopic (exact) mass is 189 g/mol. The van der Waals surface area contributed by atoms with E-state index in [0.29, 0.717) is 6.54 Å². The molecule has 0 spiro atoms. The number of hydrogen-bond acceptors (Lipinski definition) is 1. The molecule has 0 bridgehead atoms. The molecule has 0 heterocycles. The van der Waals surface area contributed by atoms with E-state index < -0.39 is 0 Å². The second-order valence-corrected chi connectivity index (χ2v) is 3.89. The second-order valence-electron chi connectivity index (χ2n) is 3.89. The molecule has 0 radical (unpaired) electrons. The van der Waals surface area contributed by atoms with Crippen LogP contribution in [0.4, 0.5) is 0 Å². The molecule has 1 aromatic carbocycles. The van der Waals surface area contributed by atoms with Crippen molar-refractivity contribution < 1.29 is 0 Å². The Morgan fingerprint density at radius 2 is 1.71 bits per heavy atom. The van der Waals surface area contributed by atoms with Gasteiger partial charge in [0.1, 0.15) is 0 Å². The lowest BCUT2D eigenvalue weighted by atomic mass is 9.95. The highest BCUT2D eigenvalue weighted by atomic mass is 14.5. The SMILES string of the molecule is C=C(CCN)c1cc(C)c(C)cc1C. The van der Waals surface area contributed by atoms with Gasteiger partial charge in [0.15, 0.2) is 0 Å². The van der Waals surface area contributed by atoms with Gasteiger partial charge in [-0.15, -0.1) is 0 Å². The Bertz CT molecular complexity index is 350. The van der Waals surface area contributed by atoms with Gasteiger partial charge in [-0.25, -0.2) is 0 Å². The van der Waals surface area contributed by atoms with Gasteiger partial charge in [0.05, 0.1) is 0 Å². The summed E-state index contributed by atoms with van der Waals surface area (Å²) in [7, 11) is 0. The van der Waals surface area contributed by atoms with Crippen LogP contribution in [0.3, 0.4) is 0 Å². The predicted molar refractivity (Wildman–Crippen MR) is 63.4 cm³/mol. The van der Waals surface area contributed by atoms with Crippen LogP contribution in [-0.4, -0.2) is 6.54 Å². The molecule has 0 aliphatic rings. The van der Waals surface area contributed by atoms with Gasteiger partial charge in [-0.3, -0.25) is 0 Å². The molecule has 1 aromatic rings. The maximum atomic E-state index is 5.52. The molecule has 1 rings (SSSR count). The number of nitrogens with two attached hydrogens (primary N) is 1. The van der Waals surface area contributed by atoms with E-state index in [1.807, 2.05) is 0 Å². The van der Waals surface area contributed by atoms with Crippen molar-refractivity contribution in [3.63, 3.8) is 0 Å². The molecule has 0 aliphatic heterocycles. The Labute approximate surface area is 86.6 Å². The molecule has 14 heavy (non-hydrogen) atoms. The Hall–Kier alpha value is -1.08. The van der Waals surface area contributed by atoms with Gasteiger partial charge in [0, 0.05) is 0 Å². The molecule has 0 saturated heterocycles. The van der Waals surface area contributed by atoms with Crippen LogP contribution in [0.15, 0.2) is 18.7 Å². The zero-order valence-corrected chi connectivity index (χ0v) is 9.35. The van der Waals surface area contributed by atoms with Crippen LogP contribution in [0.2, 0.25) is 0 Å². The van der Waals surface area contributed by atoms with Gasteiger partial charge >= 0.3 is 0 Å². The van der Waals surface area contributed by atoms with Crippen LogP contribution < -0.4 is 5.73 Å². The van der Waals surface area contributed by atoms with Crippen molar-refractivity contribution in [1.29, 1.82) is 0 Å². The summed E-state index contributed by atoms with van der Waals surface area (Å²) in [5, 5.41) is 0. The van der Waals surface area contributed by atoms with Gasteiger partial charge in [-0.1, -0.05) is 18.7 Å². The molecule has 0 saturated carbocycles. The second kappa shape index (κ2) is 4.43. The first-order chi connectivity index (χ1) is 6.56. The van der Waals surface area contributed by atoms with E-state index in [4.69, 9.17) is 5.73 Å². The minimum atomic E-state index is 0.672. The van der Waals surface area contributed by atoms with Gasteiger partial charge in [-0.2, -0.15) is 0 Å². The van der Waals surface area contributed by atoms with Crippen LogP contribution >= 0.6 is 0 Å². The summed E-state index contributed by atoms with van der Waals surface area (Å²) < 4.78 is 0. The minimum absolute atomic E-state index is 0.672. The van der Waals surface area contributed by atoms with Crippen molar-refractivity contribution in [2.75, 3.05) is 6.54 Å². The van der Waals surface area contributed by atoms with Gasteiger partial charge in [0.25, 0.3) is 0 Å². The van der Waals surface area contributed by atoms with Gasteiger partial charge in [-0.05, 0) is 61.6 Å². The fourth-order valence-electron chi connectivity index (χ4n) is 1.65. The van der Waals surface area contributed by atoms with Crippen molar-refractivity contribution in [1.82, 2.24) is 0 Å². The highest BCUT2D eigenvalue weighted by Crippen LogP contribution is 2.23. The van der Waals surface area contributed by atoms with Crippen molar-refractivity contribution in [2.45, 2.75) is 27.2 Å². The Kier molecular flexibility index (Phi) is 3.48. The summed E-state index contributed by atoms with van der Waals surface area (Å²) in [6.45, 7) is 11.1. The molecular weight excluding hydrogens is 170 g/mol. The molecule has 0 atom stereocenters. The Morgan fingerprint density at radius 1 is 1.14 bits per heavy atom. The third kappa shape index (κ3) is 2.24. The Balaban J connectivity index is 3.09. The van der Waals surface area contributed by atoms with E-state index in [-0.39, 0.29) is 0 Å². The molecular formula is C13H19N. The van der Waals surface area contributed by atoms with E-state index >= 15 is 0 Å². The molecule has 0 fully saturated rings. The lowest BCUT2D eigenvalue weighted by molar-refractivity contribution is 1.02. The van der Waals surface area contributed by atoms with Crippen molar-refractivity contribution in [3.8, 4) is 0 Å². The molecule has 0 aliphatic carbocycles. The lowest BCUT2D eigenvalue weighted by Crippen LogP contribution is -2.01. The smallest absolute Gasteiger partial charge is 0.00367 e. The molecule has 1 heteroatoms. The van der Waals surface area contributed by atoms with E-state index in [2.05, 4.69) is 39.5 Å². The first-order valence-electron chi connectivity index (χ1n) is 5.02. The van der Waals surface area contributed by atoms with Gasteiger partial charge in [0.2, 0.25) is 0 Å². The number of benzene rings is 1. The summed E-state index contributed by atoms with van der Waals surface area (Å²) in [4.78, 5) is 0. The predicted octanol–water partition coefficient (Wildman–Crippen LogP) is 2.97. The molecule has 76 valence electrons. The summed E-state index contributed by atoms with van der Waals surface area (Å²) in [5.74, 6) is 0. The minimum Gasteiger partial charge on any atom is -0.330 e. The summed E-state index contributed by atoms with van der Waals surface area (Å²) >= 11 is 0. The van der Waals surface area contributed by atoms with Crippen LogP contribution in [0.5, 0.6) is 0 Å². The number of rotatable bonds is 3. The molecule has 0 amide bonds. The van der Waals surface area contributed by atoms with Crippen molar-refractivity contribution >= 4 is 5.57 Å². The van der Waals surface area contributed by atoms with Crippen LogP contribution in [0.1, 0.15) is 28.7 Å². The standard InChI is InChI=1S/C13H19N/c1-9(5-6-14)13-8-11(3)10(2)7-12(13)4/h7-8H,1,5-6,14H2,2-4H3. The quantitative estimate of drug-likeness (QED) is 0.777. The average molecular weight is 189 g/mol. The maximum absolute atomic E-state index is 5.52. The highest BCUT2D eigenvalue weighted by molar-refractivity contribution is 5.67. The van der Waals surface area contributed by atoms with E-state index in [1.165, 1.54) is 22.3 Å². The van der Waals surface area contributed by atoms with E-state index in [9.17, 15) is 0 Å². The average Bonchev–Trinajstić information content (AvgIpc) is 2.11. The van der Waals surface area contributed by atoms with Crippen LogP contribution in [0, 0.1) is 20.8 Å². The van der Waals surface area contributed by atoms with Gasteiger partial charge < -0.3 is 5.73 Å². The van der Waals surface area contributed by atoms with E-state index in [0.717, 1.165) is 12.0 Å². The third-order valence-electron chi connectivity index (χ3n) is 2.67. The molecule has 2 N–H and O–H groups in total. The summed E-state index contributed by atoms with van der Waals surface area (Å²) in [6, 6.07) is 4.43. The third-order valence-corrected chi connectivity index (χ3v) is 2.67. The van der Waals surface area contributed by atoms with Crippen LogP contribution in [-0.2, 0) is 0 Å². The van der Waals surface area contributed by atoms with Crippen molar-refractivity contribution in [2.24, 2.45) is 5.73 Å². The maximum Gasteiger partial charge on any atom is -0.00367 e. The van der Waals surface area contributed by atoms with E-state index in [1.54, 1.807) is 0 Å². The summed E-state index contributed by atoms with van der Waals surface area (Å²) in [6.07, 6.45) is 0.878. The molecule has 0 unspecified atom stereocenters. The first kappa shape index (κ1) is 11.0. The lowest BCUT2D eigenvalue weighted by Gasteiger charge is -2.11. The number of hydrogen-bond donors (Lipinski definition) is 1. The fraction of sp³-hybridized carbons (Fsp3) is 0.385. The fourth-order valence-corrected chi connectivity index (χ4v) is 1.65. The topological polar surface area (TPSA) is 26.0 Å².